The molecular weight excluding hydrogens is 234 g/mol. The summed E-state index contributed by atoms with van der Waals surface area (Å²) in [6, 6.07) is 0. The molecule has 0 fully saturated rings. The quantitative estimate of drug-likeness (QED) is 0.789. The average Bonchev–Trinajstić information content (AvgIpc) is 2.23. The van der Waals surface area contributed by atoms with Crippen LogP contribution in [0.2, 0.25) is 0 Å². The molecule has 96 valence electrons. The summed E-state index contributed by atoms with van der Waals surface area (Å²) >= 11 is 1.51. The Hall–Kier alpha value is -1.04. The first kappa shape index (κ1) is 14.0. The molecule has 0 aromatic carbocycles. The molecule has 0 aliphatic rings. The van der Waals surface area contributed by atoms with Gasteiger partial charge in [0.25, 0.3) is 0 Å². The van der Waals surface area contributed by atoms with Gasteiger partial charge in [0.15, 0.2) is 5.16 Å². The van der Waals surface area contributed by atoms with E-state index in [4.69, 9.17) is 0 Å². The number of nitrogens with zero attached hydrogens (tertiary/aromatic N) is 3. The smallest absolute Gasteiger partial charge is 0.228 e. The predicted octanol–water partition coefficient (Wildman–Crippen LogP) is 2.63. The van der Waals surface area contributed by atoms with Gasteiger partial charge >= 0.3 is 0 Å². The average molecular weight is 255 g/mol. The third-order valence-electron chi connectivity index (χ3n) is 1.82. The summed E-state index contributed by atoms with van der Waals surface area (Å²) in [4.78, 5) is 13.0. The summed E-state index contributed by atoms with van der Waals surface area (Å²) in [5.41, 5.74) is -0.0565. The third-order valence-corrected chi connectivity index (χ3v) is 2.37. The second kappa shape index (κ2) is 6.05. The van der Waals surface area contributed by atoms with Gasteiger partial charge in [-0.2, -0.15) is 15.0 Å². The first-order valence-electron chi connectivity index (χ1n) is 5.76. The number of hydrogen-bond acceptors (Lipinski definition) is 6. The molecule has 0 amide bonds. The van der Waals surface area contributed by atoms with E-state index < -0.39 is 0 Å². The van der Waals surface area contributed by atoms with E-state index in [0.29, 0.717) is 11.9 Å². The highest BCUT2D eigenvalue weighted by molar-refractivity contribution is 7.98. The molecule has 0 spiro atoms. The molecular formula is C11H21N5S. The second-order valence-electron chi connectivity index (χ2n) is 4.77. The van der Waals surface area contributed by atoms with Crippen LogP contribution < -0.4 is 10.6 Å². The molecule has 1 rings (SSSR count). The Kier molecular flexibility index (Phi) is 4.99. The standard InChI is InChI=1S/C11H21N5S/c1-6-7-12-8-13-9(16-11(2,3)4)15-10(14-8)17-5/h6-7H2,1-5H3,(H2,12,13,14,15,16). The monoisotopic (exact) mass is 255 g/mol. The molecule has 0 aliphatic heterocycles. The molecule has 1 aromatic heterocycles. The first-order chi connectivity index (χ1) is 7.94. The Labute approximate surface area is 107 Å². The van der Waals surface area contributed by atoms with E-state index in [0.717, 1.165) is 18.1 Å². The van der Waals surface area contributed by atoms with Crippen LogP contribution >= 0.6 is 11.8 Å². The van der Waals surface area contributed by atoms with Crippen molar-refractivity contribution in [2.45, 2.75) is 44.8 Å². The van der Waals surface area contributed by atoms with Gasteiger partial charge in [-0.05, 0) is 33.4 Å². The largest absolute Gasteiger partial charge is 0.354 e. The van der Waals surface area contributed by atoms with Crippen molar-refractivity contribution < 1.29 is 0 Å². The van der Waals surface area contributed by atoms with Gasteiger partial charge in [-0.15, -0.1) is 0 Å². The van der Waals surface area contributed by atoms with E-state index in [1.54, 1.807) is 0 Å². The van der Waals surface area contributed by atoms with E-state index in [9.17, 15) is 0 Å². The van der Waals surface area contributed by atoms with E-state index in [-0.39, 0.29) is 5.54 Å². The topological polar surface area (TPSA) is 62.7 Å². The van der Waals surface area contributed by atoms with Crippen LogP contribution in [0.4, 0.5) is 11.9 Å². The van der Waals surface area contributed by atoms with Crippen LogP contribution in [-0.4, -0.2) is 33.3 Å². The van der Waals surface area contributed by atoms with Crippen molar-refractivity contribution in [1.29, 1.82) is 0 Å². The minimum absolute atomic E-state index is 0.0565. The fraction of sp³-hybridized carbons (Fsp3) is 0.727. The summed E-state index contributed by atoms with van der Waals surface area (Å²) in [6.07, 6.45) is 3.00. The zero-order valence-corrected chi connectivity index (χ0v) is 12.0. The lowest BCUT2D eigenvalue weighted by Crippen LogP contribution is -2.27. The molecule has 0 atom stereocenters. The summed E-state index contributed by atoms with van der Waals surface area (Å²) in [6.45, 7) is 9.21. The van der Waals surface area contributed by atoms with Gasteiger partial charge in [-0.25, -0.2) is 0 Å². The van der Waals surface area contributed by atoms with Crippen LogP contribution in [0.25, 0.3) is 0 Å². The number of rotatable bonds is 5. The molecule has 0 saturated heterocycles. The Balaban J connectivity index is 2.88. The van der Waals surface area contributed by atoms with E-state index in [2.05, 4.69) is 53.3 Å². The van der Waals surface area contributed by atoms with E-state index in [1.165, 1.54) is 11.8 Å². The van der Waals surface area contributed by atoms with Gasteiger partial charge in [0.1, 0.15) is 0 Å². The highest BCUT2D eigenvalue weighted by Crippen LogP contribution is 2.16. The minimum atomic E-state index is -0.0565. The number of nitrogens with one attached hydrogen (secondary N) is 2. The second-order valence-corrected chi connectivity index (χ2v) is 5.54. The van der Waals surface area contributed by atoms with Crippen LogP contribution in [0.1, 0.15) is 34.1 Å². The van der Waals surface area contributed by atoms with Crippen molar-refractivity contribution in [3.63, 3.8) is 0 Å². The lowest BCUT2D eigenvalue weighted by Gasteiger charge is -2.20. The van der Waals surface area contributed by atoms with Crippen LogP contribution in [0.15, 0.2) is 5.16 Å². The molecule has 1 heterocycles. The van der Waals surface area contributed by atoms with Crippen LogP contribution in [0, 0.1) is 0 Å². The third kappa shape index (κ3) is 5.21. The number of thioether (sulfide) groups is 1. The van der Waals surface area contributed by atoms with Crippen molar-refractivity contribution in [1.82, 2.24) is 15.0 Å². The minimum Gasteiger partial charge on any atom is -0.354 e. The Morgan fingerprint density at radius 3 is 2.29 bits per heavy atom. The maximum atomic E-state index is 4.35. The zero-order chi connectivity index (χ0) is 12.9. The van der Waals surface area contributed by atoms with Gasteiger partial charge in [0.2, 0.25) is 11.9 Å². The summed E-state index contributed by atoms with van der Waals surface area (Å²) in [5.74, 6) is 1.26. The van der Waals surface area contributed by atoms with Gasteiger partial charge < -0.3 is 10.6 Å². The Morgan fingerprint density at radius 1 is 1.12 bits per heavy atom. The molecule has 17 heavy (non-hydrogen) atoms. The van der Waals surface area contributed by atoms with Gasteiger partial charge in [0.05, 0.1) is 0 Å². The van der Waals surface area contributed by atoms with E-state index in [1.807, 2.05) is 6.26 Å². The summed E-state index contributed by atoms with van der Waals surface area (Å²) in [7, 11) is 0. The van der Waals surface area contributed by atoms with Crippen LogP contribution in [0.5, 0.6) is 0 Å². The van der Waals surface area contributed by atoms with Crippen molar-refractivity contribution in [3.8, 4) is 0 Å². The molecule has 0 aliphatic carbocycles. The zero-order valence-electron chi connectivity index (χ0n) is 11.2. The lowest BCUT2D eigenvalue weighted by atomic mass is 10.1. The molecule has 2 N–H and O–H groups in total. The molecule has 5 nitrogen and oxygen atoms in total. The molecule has 6 heteroatoms. The van der Waals surface area contributed by atoms with Crippen molar-refractivity contribution >= 4 is 23.7 Å². The maximum Gasteiger partial charge on any atom is 0.228 e. The van der Waals surface area contributed by atoms with Crippen LogP contribution in [-0.2, 0) is 0 Å². The van der Waals surface area contributed by atoms with E-state index >= 15 is 0 Å². The highest BCUT2D eigenvalue weighted by atomic mass is 32.2. The van der Waals surface area contributed by atoms with Crippen molar-refractivity contribution in [2.75, 3.05) is 23.4 Å². The lowest BCUT2D eigenvalue weighted by molar-refractivity contribution is 0.622. The van der Waals surface area contributed by atoms with Gasteiger partial charge in [0, 0.05) is 12.1 Å². The Bertz CT molecular complexity index is 361. The Morgan fingerprint density at radius 2 is 1.76 bits per heavy atom. The fourth-order valence-electron chi connectivity index (χ4n) is 1.15. The maximum absolute atomic E-state index is 4.35. The van der Waals surface area contributed by atoms with Gasteiger partial charge in [-0.1, -0.05) is 18.7 Å². The first-order valence-corrected chi connectivity index (χ1v) is 6.99. The van der Waals surface area contributed by atoms with Gasteiger partial charge in [-0.3, -0.25) is 0 Å². The number of hydrogen-bond donors (Lipinski definition) is 2. The predicted molar refractivity (Wildman–Crippen MR) is 73.8 cm³/mol. The highest BCUT2D eigenvalue weighted by Gasteiger charge is 2.13. The molecule has 0 radical (unpaired) electrons. The SMILES string of the molecule is CCCNc1nc(NC(C)(C)C)nc(SC)n1. The number of aromatic nitrogens is 3. The fourth-order valence-corrected chi connectivity index (χ4v) is 1.51. The molecule has 0 saturated carbocycles. The summed E-state index contributed by atoms with van der Waals surface area (Å²) in [5, 5.41) is 7.16. The summed E-state index contributed by atoms with van der Waals surface area (Å²) < 4.78 is 0. The normalized spacial score (nSPS) is 11.4. The van der Waals surface area contributed by atoms with Crippen molar-refractivity contribution in [2.24, 2.45) is 0 Å². The van der Waals surface area contributed by atoms with Crippen LogP contribution in [0.3, 0.4) is 0 Å². The molecule has 1 aromatic rings. The molecule has 0 bridgehead atoms. The molecule has 0 unspecified atom stereocenters. The number of anilines is 2. The van der Waals surface area contributed by atoms with Crippen molar-refractivity contribution in [3.05, 3.63) is 0 Å².